The van der Waals surface area contributed by atoms with Crippen LogP contribution in [0.5, 0.6) is 0 Å². The molecule has 0 aromatic rings. The highest BCUT2D eigenvalue weighted by atomic mass is 16.3. The molecule has 0 saturated carbocycles. The van der Waals surface area contributed by atoms with E-state index in [2.05, 4.69) is 55.6 Å². The first-order chi connectivity index (χ1) is 21.5. The first-order valence-electron chi connectivity index (χ1n) is 18.4. The number of nitrogens with one attached hydrogen (secondary N) is 1. The molecule has 0 spiro atoms. The normalized spacial score (nSPS) is 14.4. The molecule has 0 saturated heterocycles. The van der Waals surface area contributed by atoms with Crippen molar-refractivity contribution >= 4 is 5.91 Å². The Morgan fingerprint density at radius 1 is 0.591 bits per heavy atom. The molecule has 0 aliphatic carbocycles. The molecule has 5 nitrogen and oxygen atoms in total. The van der Waals surface area contributed by atoms with Crippen molar-refractivity contribution in [2.24, 2.45) is 0 Å². The minimum absolute atomic E-state index is 0.00982. The maximum absolute atomic E-state index is 12.3. The molecule has 3 unspecified atom stereocenters. The Morgan fingerprint density at radius 2 is 1.05 bits per heavy atom. The maximum Gasteiger partial charge on any atom is 0.222 e. The topological polar surface area (TPSA) is 89.8 Å². The predicted octanol–water partition coefficient (Wildman–Crippen LogP) is 9.81. The summed E-state index contributed by atoms with van der Waals surface area (Å²) in [6, 6.07) is -0.767. The van der Waals surface area contributed by atoms with Crippen molar-refractivity contribution in [3.63, 3.8) is 0 Å². The van der Waals surface area contributed by atoms with E-state index in [1.54, 1.807) is 6.08 Å². The van der Waals surface area contributed by atoms with Crippen LogP contribution < -0.4 is 5.32 Å². The van der Waals surface area contributed by atoms with Crippen LogP contribution in [0.2, 0.25) is 0 Å². The van der Waals surface area contributed by atoms with Gasteiger partial charge in [0.15, 0.2) is 0 Å². The largest absolute Gasteiger partial charge is 0.394 e. The molecule has 0 aromatic heterocycles. The molecule has 3 atom stereocenters. The van der Waals surface area contributed by atoms with Gasteiger partial charge in [0.25, 0.3) is 0 Å². The minimum atomic E-state index is -0.956. The lowest BCUT2D eigenvalue weighted by molar-refractivity contribution is -0.124. The summed E-state index contributed by atoms with van der Waals surface area (Å²) in [5.74, 6) is -0.341. The molecule has 0 rings (SSSR count). The third-order valence-corrected chi connectivity index (χ3v) is 8.12. The van der Waals surface area contributed by atoms with E-state index in [4.69, 9.17) is 0 Å². The Balaban J connectivity index is 3.84. The highest BCUT2D eigenvalue weighted by Gasteiger charge is 2.20. The number of hydrogen-bond acceptors (Lipinski definition) is 4. The second-order valence-electron chi connectivity index (χ2n) is 12.5. The van der Waals surface area contributed by atoms with E-state index < -0.39 is 18.2 Å². The van der Waals surface area contributed by atoms with Gasteiger partial charge < -0.3 is 20.6 Å². The summed E-state index contributed by atoms with van der Waals surface area (Å²) in [7, 11) is 0. The smallest absolute Gasteiger partial charge is 0.222 e. The van der Waals surface area contributed by atoms with Gasteiger partial charge in [-0.1, -0.05) is 152 Å². The number of amides is 1. The Labute approximate surface area is 272 Å². The van der Waals surface area contributed by atoms with E-state index in [0.717, 1.165) is 57.8 Å². The molecule has 0 bridgehead atoms. The lowest BCUT2D eigenvalue weighted by Crippen LogP contribution is -2.45. The summed E-state index contributed by atoms with van der Waals surface area (Å²) in [5, 5.41) is 33.0. The number of carbonyl (C=O) groups excluding carboxylic acids is 1. The average molecular weight is 618 g/mol. The summed E-state index contributed by atoms with van der Waals surface area (Å²) >= 11 is 0. The summed E-state index contributed by atoms with van der Waals surface area (Å²) in [4.78, 5) is 12.3. The second-order valence-corrected chi connectivity index (χ2v) is 12.5. The molecule has 44 heavy (non-hydrogen) atoms. The third kappa shape index (κ3) is 30.3. The number of aliphatic hydroxyl groups is 3. The zero-order chi connectivity index (χ0) is 32.4. The Bertz CT molecular complexity index is 730. The zero-order valence-electron chi connectivity index (χ0n) is 28.8. The second kappa shape index (κ2) is 34.2. The molecule has 0 radical (unpaired) electrons. The monoisotopic (exact) mass is 618 g/mol. The molecule has 0 fully saturated rings. The van der Waals surface area contributed by atoms with Crippen LogP contribution in [-0.4, -0.2) is 46.1 Å². The summed E-state index contributed by atoms with van der Waals surface area (Å²) in [6.07, 6.45) is 42.3. The standard InChI is InChI=1S/C39H71NO4/c1-3-5-7-9-11-13-15-17-18-19-21-23-25-27-29-31-33-38(43)37(35-41)40-39(44)34-36(42)32-30-28-26-24-22-20-16-14-12-10-8-6-4-2/h12,14,16,20,23,25,31,33,36-38,41-43H,3-11,13,15,17-19,21-22,24,26-30,32,34-35H2,1-2H3,(H,40,44)/b14-12-,20-16-,25-23+,33-31+. The first-order valence-corrected chi connectivity index (χ1v) is 18.4. The van der Waals surface area contributed by atoms with Crippen molar-refractivity contribution in [3.05, 3.63) is 48.6 Å². The Morgan fingerprint density at radius 3 is 1.64 bits per heavy atom. The van der Waals surface area contributed by atoms with E-state index in [1.165, 1.54) is 83.5 Å². The van der Waals surface area contributed by atoms with Gasteiger partial charge in [0.05, 0.1) is 31.3 Å². The number of carbonyl (C=O) groups is 1. The van der Waals surface area contributed by atoms with Gasteiger partial charge in [-0.05, 0) is 57.8 Å². The molecule has 5 heteroatoms. The average Bonchev–Trinajstić information content (AvgIpc) is 3.01. The van der Waals surface area contributed by atoms with Crippen LogP contribution in [0.3, 0.4) is 0 Å². The van der Waals surface area contributed by atoms with Crippen molar-refractivity contribution in [2.75, 3.05) is 6.61 Å². The molecule has 256 valence electrons. The maximum atomic E-state index is 12.3. The fourth-order valence-corrected chi connectivity index (χ4v) is 5.23. The molecular formula is C39H71NO4. The van der Waals surface area contributed by atoms with E-state index in [1.807, 2.05) is 6.08 Å². The first kappa shape index (κ1) is 42.3. The van der Waals surface area contributed by atoms with Crippen LogP contribution >= 0.6 is 0 Å². The quantitative estimate of drug-likeness (QED) is 0.0344. The summed E-state index contributed by atoms with van der Waals surface area (Å²) in [6.45, 7) is 4.14. The molecule has 0 aromatic carbocycles. The van der Waals surface area contributed by atoms with Crippen LogP contribution in [0, 0.1) is 0 Å². The highest BCUT2D eigenvalue weighted by molar-refractivity contribution is 5.76. The lowest BCUT2D eigenvalue weighted by atomic mass is 10.0. The number of allylic oxidation sites excluding steroid dienone is 7. The molecule has 4 N–H and O–H groups in total. The fourth-order valence-electron chi connectivity index (χ4n) is 5.23. The number of hydrogen-bond donors (Lipinski definition) is 4. The minimum Gasteiger partial charge on any atom is -0.394 e. The number of rotatable bonds is 32. The van der Waals surface area contributed by atoms with Crippen molar-refractivity contribution in [1.82, 2.24) is 5.32 Å². The van der Waals surface area contributed by atoms with E-state index in [-0.39, 0.29) is 18.9 Å². The molecular weight excluding hydrogens is 546 g/mol. The van der Waals surface area contributed by atoms with E-state index in [0.29, 0.717) is 6.42 Å². The molecule has 0 aliphatic heterocycles. The number of aliphatic hydroxyl groups excluding tert-OH is 3. The Kier molecular flexibility index (Phi) is 32.9. The summed E-state index contributed by atoms with van der Waals surface area (Å²) in [5.41, 5.74) is 0. The van der Waals surface area contributed by atoms with Crippen molar-refractivity contribution in [3.8, 4) is 0 Å². The van der Waals surface area contributed by atoms with Gasteiger partial charge in [0.2, 0.25) is 5.91 Å². The van der Waals surface area contributed by atoms with Crippen molar-refractivity contribution in [2.45, 2.75) is 186 Å². The lowest BCUT2D eigenvalue weighted by Gasteiger charge is -2.20. The van der Waals surface area contributed by atoms with E-state index in [9.17, 15) is 20.1 Å². The van der Waals surface area contributed by atoms with Crippen LogP contribution in [0.4, 0.5) is 0 Å². The SMILES string of the molecule is CCCCC/C=C\C=C/CCCCCCC(O)CC(=O)NC(CO)C(O)/C=C/CC/C=C/CCCCCCCCCCCC. The zero-order valence-corrected chi connectivity index (χ0v) is 28.8. The van der Waals surface area contributed by atoms with Gasteiger partial charge in [-0.2, -0.15) is 0 Å². The van der Waals surface area contributed by atoms with Gasteiger partial charge in [-0.3, -0.25) is 4.79 Å². The molecule has 0 heterocycles. The van der Waals surface area contributed by atoms with Crippen molar-refractivity contribution in [1.29, 1.82) is 0 Å². The van der Waals surface area contributed by atoms with E-state index >= 15 is 0 Å². The third-order valence-electron chi connectivity index (χ3n) is 8.12. The van der Waals surface area contributed by atoms with Gasteiger partial charge in [0, 0.05) is 0 Å². The Hall–Kier alpha value is -1.69. The molecule has 0 aliphatic rings. The van der Waals surface area contributed by atoms with Gasteiger partial charge in [-0.25, -0.2) is 0 Å². The highest BCUT2D eigenvalue weighted by Crippen LogP contribution is 2.12. The van der Waals surface area contributed by atoms with Crippen LogP contribution in [0.1, 0.15) is 168 Å². The van der Waals surface area contributed by atoms with Gasteiger partial charge in [0.1, 0.15) is 0 Å². The van der Waals surface area contributed by atoms with Crippen LogP contribution in [0.25, 0.3) is 0 Å². The van der Waals surface area contributed by atoms with Crippen LogP contribution in [-0.2, 0) is 4.79 Å². The fraction of sp³-hybridized carbons (Fsp3) is 0.769. The van der Waals surface area contributed by atoms with Gasteiger partial charge in [-0.15, -0.1) is 0 Å². The number of unbranched alkanes of at least 4 members (excludes halogenated alkanes) is 18. The van der Waals surface area contributed by atoms with Crippen molar-refractivity contribution < 1.29 is 20.1 Å². The van der Waals surface area contributed by atoms with Crippen LogP contribution in [0.15, 0.2) is 48.6 Å². The van der Waals surface area contributed by atoms with Gasteiger partial charge >= 0.3 is 0 Å². The predicted molar refractivity (Wildman–Crippen MR) is 190 cm³/mol. The molecule has 1 amide bonds. The summed E-state index contributed by atoms with van der Waals surface area (Å²) < 4.78 is 0.